The molecule has 2 rings (SSSR count). The fraction of sp³-hybridized carbons (Fsp3) is 0.562. The van der Waals surface area contributed by atoms with Gasteiger partial charge >= 0.3 is 6.09 Å². The SMILES string of the molecule is COc1cc(F)c(F)cc1C1CC1CNC(=O)OC(C)(C)C. The molecule has 1 saturated carbocycles. The third kappa shape index (κ3) is 4.08. The summed E-state index contributed by atoms with van der Waals surface area (Å²) >= 11 is 0. The Morgan fingerprint density at radius 1 is 1.32 bits per heavy atom. The molecule has 1 aliphatic rings. The van der Waals surface area contributed by atoms with E-state index in [1.54, 1.807) is 20.8 Å². The molecule has 1 aliphatic carbocycles. The minimum Gasteiger partial charge on any atom is -0.496 e. The van der Waals surface area contributed by atoms with Gasteiger partial charge in [0.05, 0.1) is 7.11 Å². The van der Waals surface area contributed by atoms with Crippen molar-refractivity contribution >= 4 is 6.09 Å². The molecule has 0 radical (unpaired) electrons. The molecule has 2 unspecified atom stereocenters. The summed E-state index contributed by atoms with van der Waals surface area (Å²) in [6.07, 6.45) is 0.312. The summed E-state index contributed by atoms with van der Waals surface area (Å²) in [7, 11) is 1.42. The first kappa shape index (κ1) is 16.5. The van der Waals surface area contributed by atoms with Crippen molar-refractivity contribution in [2.75, 3.05) is 13.7 Å². The van der Waals surface area contributed by atoms with E-state index in [2.05, 4.69) is 5.32 Å². The highest BCUT2D eigenvalue weighted by Crippen LogP contribution is 2.50. The van der Waals surface area contributed by atoms with Gasteiger partial charge in [-0.2, -0.15) is 0 Å². The molecule has 0 heterocycles. The minimum atomic E-state index is -0.926. The Labute approximate surface area is 128 Å². The zero-order chi connectivity index (χ0) is 16.5. The summed E-state index contributed by atoms with van der Waals surface area (Å²) in [5.74, 6) is -1.25. The molecule has 0 bridgehead atoms. The van der Waals surface area contributed by atoms with Crippen molar-refractivity contribution in [2.24, 2.45) is 5.92 Å². The number of amides is 1. The van der Waals surface area contributed by atoms with E-state index in [1.165, 1.54) is 13.2 Å². The summed E-state index contributed by atoms with van der Waals surface area (Å²) in [4.78, 5) is 11.6. The highest BCUT2D eigenvalue weighted by molar-refractivity contribution is 5.67. The fourth-order valence-corrected chi connectivity index (χ4v) is 2.39. The number of hydrogen-bond donors (Lipinski definition) is 1. The summed E-state index contributed by atoms with van der Waals surface area (Å²) < 4.78 is 36.9. The number of carbonyl (C=O) groups excluding carboxylic acids is 1. The second-order valence-electron chi connectivity index (χ2n) is 6.49. The quantitative estimate of drug-likeness (QED) is 0.924. The Hall–Kier alpha value is -1.85. The van der Waals surface area contributed by atoms with E-state index < -0.39 is 23.3 Å². The molecule has 0 saturated heterocycles. The number of benzene rings is 1. The molecule has 0 aromatic heterocycles. The highest BCUT2D eigenvalue weighted by atomic mass is 19.2. The molecule has 122 valence electrons. The number of hydrogen-bond acceptors (Lipinski definition) is 3. The molecular weight excluding hydrogens is 292 g/mol. The van der Waals surface area contributed by atoms with E-state index in [9.17, 15) is 13.6 Å². The van der Waals surface area contributed by atoms with Crippen LogP contribution in [-0.4, -0.2) is 25.3 Å². The number of rotatable bonds is 4. The van der Waals surface area contributed by atoms with Crippen molar-refractivity contribution < 1.29 is 23.0 Å². The maximum absolute atomic E-state index is 13.4. The molecule has 1 N–H and O–H groups in total. The van der Waals surface area contributed by atoms with Crippen molar-refractivity contribution in [2.45, 2.75) is 38.7 Å². The van der Waals surface area contributed by atoms with Crippen LogP contribution in [0.15, 0.2) is 12.1 Å². The zero-order valence-corrected chi connectivity index (χ0v) is 13.2. The van der Waals surface area contributed by atoms with Crippen LogP contribution in [-0.2, 0) is 4.74 Å². The maximum Gasteiger partial charge on any atom is 0.407 e. The maximum atomic E-state index is 13.4. The van der Waals surface area contributed by atoms with E-state index in [0.717, 1.165) is 12.5 Å². The van der Waals surface area contributed by atoms with Gasteiger partial charge in [0, 0.05) is 18.2 Å². The van der Waals surface area contributed by atoms with Gasteiger partial charge in [-0.3, -0.25) is 0 Å². The standard InChI is InChI=1S/C16H21F2NO3/c1-16(2,3)22-15(20)19-8-9-5-10(9)11-6-12(17)13(18)7-14(11)21-4/h6-7,9-10H,5,8H2,1-4H3,(H,19,20). The van der Waals surface area contributed by atoms with Gasteiger partial charge in [0.25, 0.3) is 0 Å². The second kappa shape index (κ2) is 6.10. The molecule has 0 aliphatic heterocycles. The van der Waals surface area contributed by atoms with E-state index in [0.29, 0.717) is 17.9 Å². The number of alkyl carbamates (subject to hydrolysis) is 1. The topological polar surface area (TPSA) is 47.6 Å². The van der Waals surface area contributed by atoms with Gasteiger partial charge < -0.3 is 14.8 Å². The second-order valence-corrected chi connectivity index (χ2v) is 6.49. The molecule has 6 heteroatoms. The first-order chi connectivity index (χ1) is 10.2. The van der Waals surface area contributed by atoms with Gasteiger partial charge in [-0.25, -0.2) is 13.6 Å². The Morgan fingerprint density at radius 2 is 1.95 bits per heavy atom. The summed E-state index contributed by atoms with van der Waals surface area (Å²) in [5, 5.41) is 2.69. The van der Waals surface area contributed by atoms with Crippen molar-refractivity contribution in [3.8, 4) is 5.75 Å². The molecular formula is C16H21F2NO3. The fourth-order valence-electron chi connectivity index (χ4n) is 2.39. The van der Waals surface area contributed by atoms with Crippen LogP contribution in [0.25, 0.3) is 0 Å². The summed E-state index contributed by atoms with van der Waals surface area (Å²) in [6, 6.07) is 2.23. The monoisotopic (exact) mass is 313 g/mol. The van der Waals surface area contributed by atoms with E-state index in [1.807, 2.05) is 0 Å². The molecule has 1 amide bonds. The molecule has 0 spiro atoms. The molecule has 1 aromatic rings. The Bertz CT molecular complexity index is 569. The average molecular weight is 313 g/mol. The third-order valence-electron chi connectivity index (χ3n) is 3.50. The van der Waals surface area contributed by atoms with Crippen molar-refractivity contribution in [3.63, 3.8) is 0 Å². The normalized spacial score (nSPS) is 20.5. The van der Waals surface area contributed by atoms with Gasteiger partial charge in [-0.1, -0.05) is 0 Å². The lowest BCUT2D eigenvalue weighted by Gasteiger charge is -2.19. The first-order valence-electron chi connectivity index (χ1n) is 7.21. The summed E-state index contributed by atoms with van der Waals surface area (Å²) in [5.41, 5.74) is 0.0912. The van der Waals surface area contributed by atoms with Crippen LogP contribution < -0.4 is 10.1 Å². The Kier molecular flexibility index (Phi) is 4.58. The van der Waals surface area contributed by atoms with Gasteiger partial charge in [0.2, 0.25) is 0 Å². The first-order valence-corrected chi connectivity index (χ1v) is 7.21. The molecule has 22 heavy (non-hydrogen) atoms. The number of carbonyl (C=O) groups is 1. The predicted octanol–water partition coefficient (Wildman–Crippen LogP) is 3.60. The van der Waals surface area contributed by atoms with Gasteiger partial charge in [0.1, 0.15) is 11.4 Å². The largest absolute Gasteiger partial charge is 0.496 e. The van der Waals surface area contributed by atoms with Crippen LogP contribution in [0.5, 0.6) is 5.75 Å². The van der Waals surface area contributed by atoms with E-state index >= 15 is 0 Å². The van der Waals surface area contributed by atoms with Gasteiger partial charge in [-0.15, -0.1) is 0 Å². The van der Waals surface area contributed by atoms with Crippen molar-refractivity contribution in [1.82, 2.24) is 5.32 Å². The van der Waals surface area contributed by atoms with Gasteiger partial charge in [0.15, 0.2) is 11.6 Å². The zero-order valence-electron chi connectivity index (χ0n) is 13.2. The molecule has 2 atom stereocenters. The van der Waals surface area contributed by atoms with E-state index in [4.69, 9.17) is 9.47 Å². The van der Waals surface area contributed by atoms with Crippen molar-refractivity contribution in [1.29, 1.82) is 0 Å². The van der Waals surface area contributed by atoms with E-state index in [-0.39, 0.29) is 11.8 Å². The van der Waals surface area contributed by atoms with Gasteiger partial charge in [-0.05, 0) is 45.1 Å². The highest BCUT2D eigenvalue weighted by Gasteiger charge is 2.40. The number of methoxy groups -OCH3 is 1. The lowest BCUT2D eigenvalue weighted by Crippen LogP contribution is -2.33. The van der Waals surface area contributed by atoms with Crippen LogP contribution >= 0.6 is 0 Å². The van der Waals surface area contributed by atoms with Crippen LogP contribution in [0.4, 0.5) is 13.6 Å². The number of nitrogens with one attached hydrogen (secondary N) is 1. The van der Waals surface area contributed by atoms with Crippen LogP contribution in [0.1, 0.15) is 38.7 Å². The Balaban J connectivity index is 1.93. The number of halogens is 2. The third-order valence-corrected chi connectivity index (χ3v) is 3.50. The molecule has 1 fully saturated rings. The van der Waals surface area contributed by atoms with Crippen LogP contribution in [0.3, 0.4) is 0 Å². The molecule has 1 aromatic carbocycles. The average Bonchev–Trinajstić information content (AvgIpc) is 3.16. The Morgan fingerprint density at radius 3 is 2.55 bits per heavy atom. The van der Waals surface area contributed by atoms with Crippen LogP contribution in [0, 0.1) is 17.6 Å². The molecule has 4 nitrogen and oxygen atoms in total. The van der Waals surface area contributed by atoms with Crippen LogP contribution in [0.2, 0.25) is 0 Å². The lowest BCUT2D eigenvalue weighted by molar-refractivity contribution is 0.0525. The lowest BCUT2D eigenvalue weighted by atomic mass is 10.1. The number of ether oxygens (including phenoxy) is 2. The smallest absolute Gasteiger partial charge is 0.407 e. The van der Waals surface area contributed by atoms with Crippen molar-refractivity contribution in [3.05, 3.63) is 29.3 Å². The predicted molar refractivity (Wildman–Crippen MR) is 78.0 cm³/mol. The summed E-state index contributed by atoms with van der Waals surface area (Å²) in [6.45, 7) is 5.80. The minimum absolute atomic E-state index is 0.0555.